The van der Waals surface area contributed by atoms with Crippen molar-refractivity contribution in [2.45, 2.75) is 32.3 Å². The summed E-state index contributed by atoms with van der Waals surface area (Å²) in [6, 6.07) is 0. The summed E-state index contributed by atoms with van der Waals surface area (Å²) in [6.07, 6.45) is 1.57. The van der Waals surface area contributed by atoms with Crippen LogP contribution in [0.3, 0.4) is 0 Å². The van der Waals surface area contributed by atoms with Gasteiger partial charge >= 0.3 is 5.97 Å². The molecule has 4 heteroatoms. The van der Waals surface area contributed by atoms with E-state index in [0.717, 1.165) is 6.42 Å². The van der Waals surface area contributed by atoms with Crippen LogP contribution in [0.1, 0.15) is 26.2 Å². The molecule has 0 saturated carbocycles. The molecular formula is C8H16O4. The summed E-state index contributed by atoms with van der Waals surface area (Å²) in [5, 5.41) is 16.9. The summed E-state index contributed by atoms with van der Waals surface area (Å²) in [7, 11) is 0. The normalized spacial score (nSPS) is 16.8. The molecule has 1 aliphatic rings. The topological polar surface area (TPSA) is 66.8 Å². The Bertz CT molecular complexity index is 118. The van der Waals surface area contributed by atoms with Crippen molar-refractivity contribution in [2.75, 3.05) is 13.2 Å². The van der Waals surface area contributed by atoms with E-state index >= 15 is 0 Å². The number of carbonyl (C=O) groups excluding carboxylic acids is 1. The summed E-state index contributed by atoms with van der Waals surface area (Å²) in [5.74, 6) is -0.0648. The Morgan fingerprint density at radius 1 is 1.67 bits per heavy atom. The first-order valence-electron chi connectivity index (χ1n) is 4.15. The molecule has 12 heavy (non-hydrogen) atoms. The minimum atomic E-state index is -0.301. The minimum Gasteiger partial charge on any atom is -0.465 e. The predicted octanol–water partition coefficient (Wildman–Crippen LogP) is 0.0730. The first-order chi connectivity index (χ1) is 5.70. The molecule has 0 amide bonds. The van der Waals surface area contributed by atoms with Gasteiger partial charge in [0, 0.05) is 6.61 Å². The number of rotatable bonds is 3. The zero-order chi connectivity index (χ0) is 9.40. The van der Waals surface area contributed by atoms with Gasteiger partial charge in [-0.3, -0.25) is 4.79 Å². The van der Waals surface area contributed by atoms with Crippen molar-refractivity contribution >= 4 is 5.97 Å². The standard InChI is InChI=1S/C5H12O2.C3H4O2/c1-2-5(7)3-4-6;4-3-1-2-5-3/h5-7H,2-4H2,1H3;1-2H2. The van der Waals surface area contributed by atoms with Gasteiger partial charge in [-0.2, -0.15) is 0 Å². The summed E-state index contributed by atoms with van der Waals surface area (Å²) in [4.78, 5) is 9.68. The smallest absolute Gasteiger partial charge is 0.309 e. The van der Waals surface area contributed by atoms with Gasteiger partial charge in [-0.05, 0) is 12.8 Å². The fourth-order valence-electron chi connectivity index (χ4n) is 0.539. The third-order valence-corrected chi connectivity index (χ3v) is 1.50. The van der Waals surface area contributed by atoms with Gasteiger partial charge < -0.3 is 14.9 Å². The number of aliphatic hydroxyl groups is 2. The van der Waals surface area contributed by atoms with Gasteiger partial charge in [0.25, 0.3) is 0 Å². The average molecular weight is 176 g/mol. The maximum absolute atomic E-state index is 9.68. The van der Waals surface area contributed by atoms with E-state index in [1.54, 1.807) is 0 Å². The van der Waals surface area contributed by atoms with Crippen LogP contribution in [0.5, 0.6) is 0 Å². The van der Waals surface area contributed by atoms with Crippen molar-refractivity contribution in [3.8, 4) is 0 Å². The lowest BCUT2D eigenvalue weighted by atomic mass is 10.2. The minimum absolute atomic E-state index is 0.0648. The van der Waals surface area contributed by atoms with Crippen LogP contribution >= 0.6 is 0 Å². The van der Waals surface area contributed by atoms with Gasteiger partial charge in [-0.25, -0.2) is 0 Å². The molecule has 0 aromatic carbocycles. The van der Waals surface area contributed by atoms with E-state index < -0.39 is 0 Å². The Labute approximate surface area is 72.2 Å². The first kappa shape index (κ1) is 11.4. The molecule has 0 aliphatic carbocycles. The van der Waals surface area contributed by atoms with Crippen LogP contribution in [-0.4, -0.2) is 35.5 Å². The zero-order valence-electron chi connectivity index (χ0n) is 7.32. The Hall–Kier alpha value is -0.610. The molecule has 1 unspecified atom stereocenters. The SMILES string of the molecule is CCC(O)CCO.O=C1CCO1. The molecule has 1 rings (SSSR count). The molecule has 0 radical (unpaired) electrons. The lowest BCUT2D eigenvalue weighted by Gasteiger charge is -2.09. The third-order valence-electron chi connectivity index (χ3n) is 1.50. The van der Waals surface area contributed by atoms with E-state index in [0.29, 0.717) is 19.4 Å². The Kier molecular flexibility index (Phi) is 6.70. The second-order valence-electron chi connectivity index (χ2n) is 2.54. The number of cyclic esters (lactones) is 1. The van der Waals surface area contributed by atoms with Crippen LogP contribution in [0.4, 0.5) is 0 Å². The van der Waals surface area contributed by atoms with E-state index in [9.17, 15) is 4.79 Å². The number of ether oxygens (including phenoxy) is 1. The zero-order valence-corrected chi connectivity index (χ0v) is 7.32. The van der Waals surface area contributed by atoms with Gasteiger partial charge in [0.2, 0.25) is 0 Å². The average Bonchev–Trinajstić information content (AvgIpc) is 2.02. The van der Waals surface area contributed by atoms with Gasteiger partial charge in [0.1, 0.15) is 6.61 Å². The third kappa shape index (κ3) is 6.12. The van der Waals surface area contributed by atoms with Gasteiger partial charge in [0.05, 0.1) is 12.5 Å². The first-order valence-corrected chi connectivity index (χ1v) is 4.15. The van der Waals surface area contributed by atoms with Crippen LogP contribution in [0.15, 0.2) is 0 Å². The number of carbonyl (C=O) groups is 1. The molecule has 0 aromatic rings. The van der Waals surface area contributed by atoms with Crippen molar-refractivity contribution in [1.29, 1.82) is 0 Å². The van der Waals surface area contributed by atoms with Crippen molar-refractivity contribution < 1.29 is 19.7 Å². The monoisotopic (exact) mass is 176 g/mol. The maximum atomic E-state index is 9.68. The summed E-state index contributed by atoms with van der Waals surface area (Å²) < 4.78 is 4.29. The fraction of sp³-hybridized carbons (Fsp3) is 0.875. The van der Waals surface area contributed by atoms with E-state index in [4.69, 9.17) is 10.2 Å². The van der Waals surface area contributed by atoms with E-state index in [1.807, 2.05) is 6.92 Å². The summed E-state index contributed by atoms with van der Waals surface area (Å²) in [5.41, 5.74) is 0. The van der Waals surface area contributed by atoms with Crippen LogP contribution < -0.4 is 0 Å². The highest BCUT2D eigenvalue weighted by atomic mass is 16.6. The molecule has 0 spiro atoms. The Balaban J connectivity index is 0.000000211. The Morgan fingerprint density at radius 3 is 2.25 bits per heavy atom. The highest BCUT2D eigenvalue weighted by molar-refractivity contribution is 5.73. The lowest BCUT2D eigenvalue weighted by molar-refractivity contribution is -0.157. The molecule has 0 aromatic heterocycles. The fourth-order valence-corrected chi connectivity index (χ4v) is 0.539. The largest absolute Gasteiger partial charge is 0.465 e. The maximum Gasteiger partial charge on any atom is 0.309 e. The van der Waals surface area contributed by atoms with Crippen LogP contribution in [0, 0.1) is 0 Å². The van der Waals surface area contributed by atoms with Crippen LogP contribution in [0.2, 0.25) is 0 Å². The van der Waals surface area contributed by atoms with Gasteiger partial charge in [-0.1, -0.05) is 6.92 Å². The lowest BCUT2D eigenvalue weighted by Crippen LogP contribution is -2.18. The molecule has 4 nitrogen and oxygen atoms in total. The molecule has 72 valence electrons. The quantitative estimate of drug-likeness (QED) is 0.597. The second kappa shape index (κ2) is 7.06. The van der Waals surface area contributed by atoms with Crippen molar-refractivity contribution in [1.82, 2.24) is 0 Å². The van der Waals surface area contributed by atoms with Crippen molar-refractivity contribution in [3.63, 3.8) is 0 Å². The van der Waals surface area contributed by atoms with E-state index in [-0.39, 0.29) is 18.7 Å². The van der Waals surface area contributed by atoms with Crippen LogP contribution in [-0.2, 0) is 9.53 Å². The molecule has 2 N–H and O–H groups in total. The molecule has 1 heterocycles. The molecule has 1 aliphatic heterocycles. The van der Waals surface area contributed by atoms with Crippen LogP contribution in [0.25, 0.3) is 0 Å². The number of esters is 1. The molecule has 1 atom stereocenters. The van der Waals surface area contributed by atoms with Crippen molar-refractivity contribution in [3.05, 3.63) is 0 Å². The Morgan fingerprint density at radius 2 is 2.17 bits per heavy atom. The number of hydrogen-bond donors (Lipinski definition) is 2. The van der Waals surface area contributed by atoms with Gasteiger partial charge in [0.15, 0.2) is 0 Å². The predicted molar refractivity (Wildman–Crippen MR) is 43.6 cm³/mol. The molecular weight excluding hydrogens is 160 g/mol. The highest BCUT2D eigenvalue weighted by Crippen LogP contribution is 1.97. The summed E-state index contributed by atoms with van der Waals surface area (Å²) >= 11 is 0. The molecule has 1 saturated heterocycles. The highest BCUT2D eigenvalue weighted by Gasteiger charge is 2.10. The molecule has 1 fully saturated rings. The number of hydrogen-bond acceptors (Lipinski definition) is 4. The van der Waals surface area contributed by atoms with E-state index in [1.165, 1.54) is 0 Å². The summed E-state index contributed by atoms with van der Waals surface area (Å²) in [6.45, 7) is 2.62. The second-order valence-corrected chi connectivity index (χ2v) is 2.54. The number of aliphatic hydroxyl groups excluding tert-OH is 2. The van der Waals surface area contributed by atoms with E-state index in [2.05, 4.69) is 4.74 Å². The van der Waals surface area contributed by atoms with Gasteiger partial charge in [-0.15, -0.1) is 0 Å². The van der Waals surface area contributed by atoms with Crippen molar-refractivity contribution in [2.24, 2.45) is 0 Å². The molecule has 0 bridgehead atoms.